The maximum atomic E-state index is 10.3. The van der Waals surface area contributed by atoms with Gasteiger partial charge in [-0.3, -0.25) is 4.79 Å². The van der Waals surface area contributed by atoms with Crippen LogP contribution in [0.15, 0.2) is 12.3 Å². The number of aromatic nitrogens is 1. The zero-order valence-electron chi connectivity index (χ0n) is 5.87. The predicted octanol–water partition coefficient (Wildman–Crippen LogP) is 1.51. The lowest BCUT2D eigenvalue weighted by Crippen LogP contribution is -1.92. The molecule has 0 saturated heterocycles. The second-order valence-corrected chi connectivity index (χ2v) is 3.02. The van der Waals surface area contributed by atoms with Crippen LogP contribution in [0.2, 0.25) is 0 Å². The number of carbonyl (C=O) groups is 1. The summed E-state index contributed by atoms with van der Waals surface area (Å²) in [5.41, 5.74) is 0.450. The average Bonchev–Trinajstić information content (AvgIpc) is 2.04. The van der Waals surface area contributed by atoms with Gasteiger partial charge in [0.15, 0.2) is 6.29 Å². The standard InChI is InChI=1S/C7H6INO2/c1-11-5-2-6(8)7(4-10)9-3-5/h2-4H,1H3. The molecule has 0 amide bonds. The monoisotopic (exact) mass is 263 g/mol. The maximum absolute atomic E-state index is 10.3. The maximum Gasteiger partial charge on any atom is 0.169 e. The van der Waals surface area contributed by atoms with Gasteiger partial charge in [-0.1, -0.05) is 0 Å². The van der Waals surface area contributed by atoms with Crippen molar-refractivity contribution in [2.24, 2.45) is 0 Å². The summed E-state index contributed by atoms with van der Waals surface area (Å²) in [5.74, 6) is 0.667. The first-order valence-corrected chi connectivity index (χ1v) is 4.00. The van der Waals surface area contributed by atoms with Gasteiger partial charge in [-0.2, -0.15) is 0 Å². The summed E-state index contributed by atoms with van der Waals surface area (Å²) in [6.45, 7) is 0. The number of methoxy groups -OCH3 is 1. The molecule has 1 aromatic heterocycles. The lowest BCUT2D eigenvalue weighted by Gasteiger charge is -1.99. The Labute approximate surface area is 77.9 Å². The number of aldehydes is 1. The van der Waals surface area contributed by atoms with E-state index in [1.807, 2.05) is 22.6 Å². The van der Waals surface area contributed by atoms with Gasteiger partial charge < -0.3 is 4.74 Å². The van der Waals surface area contributed by atoms with Gasteiger partial charge in [0.05, 0.1) is 13.3 Å². The van der Waals surface area contributed by atoms with Crippen molar-refractivity contribution in [3.63, 3.8) is 0 Å². The molecule has 0 radical (unpaired) electrons. The molecular formula is C7H6INO2. The third kappa shape index (κ3) is 1.89. The number of rotatable bonds is 2. The van der Waals surface area contributed by atoms with Crippen molar-refractivity contribution < 1.29 is 9.53 Å². The van der Waals surface area contributed by atoms with Crippen LogP contribution in [0.4, 0.5) is 0 Å². The Hall–Kier alpha value is -0.650. The van der Waals surface area contributed by atoms with E-state index >= 15 is 0 Å². The van der Waals surface area contributed by atoms with Crippen molar-refractivity contribution in [1.29, 1.82) is 0 Å². The molecule has 58 valence electrons. The zero-order valence-corrected chi connectivity index (χ0v) is 8.03. The number of hydrogen-bond donors (Lipinski definition) is 0. The molecule has 0 spiro atoms. The topological polar surface area (TPSA) is 39.2 Å². The Morgan fingerprint density at radius 3 is 2.91 bits per heavy atom. The molecule has 1 aromatic rings. The molecule has 0 aromatic carbocycles. The fourth-order valence-electron chi connectivity index (χ4n) is 0.629. The largest absolute Gasteiger partial charge is 0.495 e. The molecule has 1 heterocycles. The molecule has 0 aliphatic carbocycles. The van der Waals surface area contributed by atoms with Crippen molar-refractivity contribution in [1.82, 2.24) is 4.98 Å². The van der Waals surface area contributed by atoms with E-state index in [9.17, 15) is 4.79 Å². The van der Waals surface area contributed by atoms with Crippen molar-refractivity contribution in [3.8, 4) is 5.75 Å². The highest BCUT2D eigenvalue weighted by molar-refractivity contribution is 14.1. The van der Waals surface area contributed by atoms with Gasteiger partial charge in [-0.25, -0.2) is 4.98 Å². The van der Waals surface area contributed by atoms with Gasteiger partial charge in [0, 0.05) is 3.57 Å². The fraction of sp³-hybridized carbons (Fsp3) is 0.143. The van der Waals surface area contributed by atoms with Gasteiger partial charge in [-0.05, 0) is 28.7 Å². The van der Waals surface area contributed by atoms with E-state index in [-0.39, 0.29) is 0 Å². The van der Waals surface area contributed by atoms with Crippen molar-refractivity contribution in [3.05, 3.63) is 21.5 Å². The smallest absolute Gasteiger partial charge is 0.169 e. The summed E-state index contributed by atoms with van der Waals surface area (Å²) >= 11 is 2.04. The summed E-state index contributed by atoms with van der Waals surface area (Å²) in [4.78, 5) is 14.2. The number of pyridine rings is 1. The summed E-state index contributed by atoms with van der Waals surface area (Å²) in [6.07, 6.45) is 2.24. The first-order chi connectivity index (χ1) is 5.27. The molecule has 4 heteroatoms. The van der Waals surface area contributed by atoms with E-state index in [4.69, 9.17) is 4.74 Å². The van der Waals surface area contributed by atoms with Crippen molar-refractivity contribution in [2.45, 2.75) is 0 Å². The third-order valence-electron chi connectivity index (χ3n) is 1.19. The quantitative estimate of drug-likeness (QED) is 0.599. The van der Waals surface area contributed by atoms with Gasteiger partial charge in [0.1, 0.15) is 11.4 Å². The first kappa shape index (κ1) is 8.45. The normalized spacial score (nSPS) is 9.27. The Balaban J connectivity index is 3.09. The van der Waals surface area contributed by atoms with E-state index in [2.05, 4.69) is 4.98 Å². The Morgan fingerprint density at radius 1 is 1.73 bits per heavy atom. The molecular weight excluding hydrogens is 257 g/mol. The molecule has 0 N–H and O–H groups in total. The van der Waals surface area contributed by atoms with Crippen LogP contribution in [-0.2, 0) is 0 Å². The van der Waals surface area contributed by atoms with Crippen LogP contribution in [0.25, 0.3) is 0 Å². The van der Waals surface area contributed by atoms with E-state index in [1.165, 1.54) is 6.20 Å². The molecule has 0 saturated carbocycles. The van der Waals surface area contributed by atoms with E-state index in [0.29, 0.717) is 11.4 Å². The van der Waals surface area contributed by atoms with E-state index < -0.39 is 0 Å². The molecule has 0 bridgehead atoms. The first-order valence-electron chi connectivity index (χ1n) is 2.92. The molecule has 3 nitrogen and oxygen atoms in total. The number of hydrogen-bond acceptors (Lipinski definition) is 3. The van der Waals surface area contributed by atoms with Crippen LogP contribution in [0.5, 0.6) is 5.75 Å². The van der Waals surface area contributed by atoms with Crippen LogP contribution < -0.4 is 4.74 Å². The zero-order chi connectivity index (χ0) is 8.27. The van der Waals surface area contributed by atoms with Crippen LogP contribution in [0.1, 0.15) is 10.5 Å². The minimum Gasteiger partial charge on any atom is -0.495 e. The number of ether oxygens (including phenoxy) is 1. The van der Waals surface area contributed by atoms with Crippen LogP contribution >= 0.6 is 22.6 Å². The molecule has 0 atom stereocenters. The lowest BCUT2D eigenvalue weighted by molar-refractivity contribution is 0.111. The number of carbonyl (C=O) groups excluding carboxylic acids is 1. The summed E-state index contributed by atoms with van der Waals surface area (Å²) in [7, 11) is 1.56. The van der Waals surface area contributed by atoms with Gasteiger partial charge in [0.2, 0.25) is 0 Å². The molecule has 0 aliphatic heterocycles. The average molecular weight is 263 g/mol. The Kier molecular flexibility index (Phi) is 2.81. The lowest BCUT2D eigenvalue weighted by atomic mass is 10.4. The second-order valence-electron chi connectivity index (χ2n) is 1.86. The molecule has 0 aliphatic rings. The second kappa shape index (κ2) is 3.66. The van der Waals surface area contributed by atoms with E-state index in [0.717, 1.165) is 9.86 Å². The number of nitrogens with zero attached hydrogens (tertiary/aromatic N) is 1. The Morgan fingerprint density at radius 2 is 2.45 bits per heavy atom. The number of halogens is 1. The van der Waals surface area contributed by atoms with Crippen LogP contribution in [-0.4, -0.2) is 18.4 Å². The molecule has 0 unspecified atom stereocenters. The van der Waals surface area contributed by atoms with Crippen LogP contribution in [0, 0.1) is 3.57 Å². The summed E-state index contributed by atoms with van der Waals surface area (Å²) < 4.78 is 5.71. The highest BCUT2D eigenvalue weighted by Gasteiger charge is 2.00. The minimum atomic E-state index is 0.450. The SMILES string of the molecule is COc1cnc(C=O)c(I)c1. The summed E-state index contributed by atoms with van der Waals surface area (Å²) in [6, 6.07) is 1.76. The predicted molar refractivity (Wildman–Crippen MR) is 48.9 cm³/mol. The van der Waals surface area contributed by atoms with Crippen molar-refractivity contribution in [2.75, 3.05) is 7.11 Å². The van der Waals surface area contributed by atoms with E-state index in [1.54, 1.807) is 13.2 Å². The van der Waals surface area contributed by atoms with Crippen LogP contribution in [0.3, 0.4) is 0 Å². The van der Waals surface area contributed by atoms with Crippen molar-refractivity contribution >= 4 is 28.9 Å². The minimum absolute atomic E-state index is 0.450. The van der Waals surface area contributed by atoms with Gasteiger partial charge >= 0.3 is 0 Å². The molecule has 0 fully saturated rings. The highest BCUT2D eigenvalue weighted by atomic mass is 127. The summed E-state index contributed by atoms with van der Waals surface area (Å²) in [5, 5.41) is 0. The fourth-order valence-corrected chi connectivity index (χ4v) is 1.20. The Bertz CT molecular complexity index is 275. The molecule has 1 rings (SSSR count). The molecule has 11 heavy (non-hydrogen) atoms. The van der Waals surface area contributed by atoms with Gasteiger partial charge in [-0.15, -0.1) is 0 Å². The third-order valence-corrected chi connectivity index (χ3v) is 2.06. The van der Waals surface area contributed by atoms with Gasteiger partial charge in [0.25, 0.3) is 0 Å². The highest BCUT2D eigenvalue weighted by Crippen LogP contribution is 2.14.